The molecule has 0 aliphatic heterocycles. The molecule has 0 aliphatic carbocycles. The van der Waals surface area contributed by atoms with Crippen molar-refractivity contribution < 1.29 is 9.90 Å². The first-order chi connectivity index (χ1) is 6.70. The van der Waals surface area contributed by atoms with Crippen LogP contribution < -0.4 is 0 Å². The number of hydrogen-bond donors (Lipinski definition) is 1. The number of aromatic hydroxyl groups is 1. The molecule has 0 radical (unpaired) electrons. The van der Waals surface area contributed by atoms with Crippen LogP contribution in [-0.4, -0.2) is 10.3 Å². The van der Waals surface area contributed by atoms with Crippen molar-refractivity contribution in [1.29, 1.82) is 0 Å². The highest BCUT2D eigenvalue weighted by Gasteiger charge is 2.11. The van der Waals surface area contributed by atoms with E-state index in [9.17, 15) is 9.90 Å². The fraction of sp³-hybridized carbons (Fsp3) is 0. The molecule has 0 atom stereocenters. The van der Waals surface area contributed by atoms with Crippen molar-refractivity contribution in [3.8, 4) is 5.75 Å². The zero-order chi connectivity index (χ0) is 10.1. The fourth-order valence-electron chi connectivity index (χ4n) is 1.47. The summed E-state index contributed by atoms with van der Waals surface area (Å²) in [7, 11) is 0. The van der Waals surface area contributed by atoms with Crippen LogP contribution in [-0.2, 0) is 0 Å². The van der Waals surface area contributed by atoms with E-state index in [1.807, 2.05) is 12.1 Å². The lowest BCUT2D eigenvalue weighted by atomic mass is 10.0. The van der Waals surface area contributed by atoms with Crippen molar-refractivity contribution in [1.82, 2.24) is 0 Å². The zero-order valence-corrected chi connectivity index (χ0v) is 7.95. The van der Waals surface area contributed by atoms with Crippen LogP contribution in [0, 0.1) is 0 Å². The Morgan fingerprint density at radius 3 is 2.57 bits per heavy atom. The first-order valence-electron chi connectivity index (χ1n) is 4.10. The lowest BCUT2D eigenvalue weighted by molar-refractivity contribution is 0.108. The van der Waals surface area contributed by atoms with Crippen LogP contribution in [0.1, 0.15) is 10.4 Å². The maximum absolute atomic E-state index is 11.1. The van der Waals surface area contributed by atoms with Crippen molar-refractivity contribution in [3.05, 3.63) is 42.0 Å². The molecule has 0 saturated carbocycles. The summed E-state index contributed by atoms with van der Waals surface area (Å²) in [5.41, 5.74) is 0.171. The Hall–Kier alpha value is -1.54. The van der Waals surface area contributed by atoms with E-state index in [2.05, 4.69) is 0 Å². The van der Waals surface area contributed by atoms with Crippen LogP contribution in [0.25, 0.3) is 10.8 Å². The van der Waals surface area contributed by atoms with E-state index >= 15 is 0 Å². The molecular weight excluding hydrogens is 200 g/mol. The predicted molar refractivity (Wildman–Crippen MR) is 55.8 cm³/mol. The predicted octanol–water partition coefficient (Wildman–Crippen LogP) is 2.92. The van der Waals surface area contributed by atoms with Gasteiger partial charge in [-0.15, -0.1) is 0 Å². The first kappa shape index (κ1) is 9.03. The smallest absolute Gasteiger partial charge is 0.256 e. The number of carbonyl (C=O) groups is 1. The lowest BCUT2D eigenvalue weighted by Gasteiger charge is -2.03. The summed E-state index contributed by atoms with van der Waals surface area (Å²) in [6, 6.07) is 10.5. The van der Waals surface area contributed by atoms with Crippen LogP contribution in [0.2, 0.25) is 0 Å². The van der Waals surface area contributed by atoms with E-state index in [4.69, 9.17) is 11.6 Å². The van der Waals surface area contributed by atoms with E-state index in [1.54, 1.807) is 18.2 Å². The largest absolute Gasteiger partial charge is 0.507 e. The molecule has 0 aliphatic rings. The van der Waals surface area contributed by atoms with Gasteiger partial charge >= 0.3 is 0 Å². The van der Waals surface area contributed by atoms with E-state index in [-0.39, 0.29) is 11.3 Å². The van der Waals surface area contributed by atoms with Gasteiger partial charge in [0.1, 0.15) is 5.75 Å². The Balaban J connectivity index is 2.90. The van der Waals surface area contributed by atoms with E-state index in [0.717, 1.165) is 5.39 Å². The second-order valence-electron chi connectivity index (χ2n) is 2.95. The van der Waals surface area contributed by atoms with Crippen molar-refractivity contribution >= 4 is 27.6 Å². The third-order valence-corrected chi connectivity index (χ3v) is 2.29. The van der Waals surface area contributed by atoms with Gasteiger partial charge in [0.2, 0.25) is 0 Å². The lowest BCUT2D eigenvalue weighted by Crippen LogP contribution is -1.91. The van der Waals surface area contributed by atoms with Gasteiger partial charge in [-0.05, 0) is 28.4 Å². The van der Waals surface area contributed by atoms with Gasteiger partial charge < -0.3 is 5.11 Å². The molecule has 3 heteroatoms. The minimum atomic E-state index is -0.640. The summed E-state index contributed by atoms with van der Waals surface area (Å²) in [5, 5.41) is 10.4. The number of hydrogen-bond acceptors (Lipinski definition) is 2. The number of halogens is 1. The maximum Gasteiger partial charge on any atom is 0.256 e. The van der Waals surface area contributed by atoms with E-state index in [0.29, 0.717) is 5.39 Å². The molecule has 0 unspecified atom stereocenters. The molecule has 14 heavy (non-hydrogen) atoms. The molecule has 2 rings (SSSR count). The molecule has 0 heterocycles. The highest BCUT2D eigenvalue weighted by atomic mass is 35.5. The van der Waals surface area contributed by atoms with Crippen molar-refractivity contribution in [2.24, 2.45) is 0 Å². The van der Waals surface area contributed by atoms with Crippen molar-refractivity contribution in [3.63, 3.8) is 0 Å². The molecule has 0 spiro atoms. The SMILES string of the molecule is O=C(Cl)c1c(O)ccc2ccccc12. The number of carbonyl (C=O) groups excluding carboxylic acids is 1. The number of phenolic OH excluding ortho intramolecular Hbond substituents is 1. The van der Waals surface area contributed by atoms with Crippen LogP contribution >= 0.6 is 11.6 Å². The maximum atomic E-state index is 11.1. The van der Waals surface area contributed by atoms with Crippen molar-refractivity contribution in [2.45, 2.75) is 0 Å². The Labute approximate surface area is 85.7 Å². The molecule has 0 amide bonds. The molecule has 0 saturated heterocycles. The highest BCUT2D eigenvalue weighted by molar-refractivity contribution is 6.69. The number of benzene rings is 2. The summed E-state index contributed by atoms with van der Waals surface area (Å²) in [6.07, 6.45) is 0. The molecule has 1 N–H and O–H groups in total. The van der Waals surface area contributed by atoms with E-state index in [1.165, 1.54) is 6.07 Å². The van der Waals surface area contributed by atoms with Gasteiger partial charge in [-0.25, -0.2) is 0 Å². The van der Waals surface area contributed by atoms with Crippen LogP contribution in [0.5, 0.6) is 5.75 Å². The van der Waals surface area contributed by atoms with Gasteiger partial charge in [0.05, 0.1) is 5.56 Å². The second-order valence-corrected chi connectivity index (χ2v) is 3.30. The quantitative estimate of drug-likeness (QED) is 0.729. The minimum absolute atomic E-state index is 0.0799. The van der Waals surface area contributed by atoms with Gasteiger partial charge in [0, 0.05) is 0 Å². The molecule has 0 aromatic heterocycles. The van der Waals surface area contributed by atoms with Crippen LogP contribution in [0.15, 0.2) is 36.4 Å². The highest BCUT2D eigenvalue weighted by Crippen LogP contribution is 2.28. The van der Waals surface area contributed by atoms with Gasteiger partial charge in [-0.1, -0.05) is 30.3 Å². The van der Waals surface area contributed by atoms with Crippen molar-refractivity contribution in [2.75, 3.05) is 0 Å². The molecular formula is C11H7ClO2. The normalized spacial score (nSPS) is 10.4. The number of fused-ring (bicyclic) bond motifs is 1. The van der Waals surface area contributed by atoms with Crippen LogP contribution in [0.4, 0.5) is 0 Å². The van der Waals surface area contributed by atoms with Gasteiger partial charge in [0.25, 0.3) is 5.24 Å². The Morgan fingerprint density at radius 1 is 1.14 bits per heavy atom. The zero-order valence-electron chi connectivity index (χ0n) is 7.20. The molecule has 0 fully saturated rings. The third kappa shape index (κ3) is 1.34. The Kier molecular flexibility index (Phi) is 2.14. The summed E-state index contributed by atoms with van der Waals surface area (Å²) in [5.74, 6) is -0.0799. The molecule has 2 aromatic rings. The Bertz CT molecular complexity index is 506. The molecule has 0 bridgehead atoms. The molecule has 2 nitrogen and oxygen atoms in total. The average Bonchev–Trinajstić information content (AvgIpc) is 2.17. The minimum Gasteiger partial charge on any atom is -0.507 e. The van der Waals surface area contributed by atoms with Gasteiger partial charge in [-0.2, -0.15) is 0 Å². The topological polar surface area (TPSA) is 37.3 Å². The monoisotopic (exact) mass is 206 g/mol. The van der Waals surface area contributed by atoms with Gasteiger partial charge in [-0.3, -0.25) is 4.79 Å². The third-order valence-electron chi connectivity index (χ3n) is 2.10. The summed E-state index contributed by atoms with van der Waals surface area (Å²) < 4.78 is 0. The standard InChI is InChI=1S/C11H7ClO2/c12-11(14)10-8-4-2-1-3-7(8)5-6-9(10)13/h1-6,13H. The molecule has 2 aromatic carbocycles. The molecule has 70 valence electrons. The summed E-state index contributed by atoms with van der Waals surface area (Å²) >= 11 is 5.39. The summed E-state index contributed by atoms with van der Waals surface area (Å²) in [4.78, 5) is 11.1. The summed E-state index contributed by atoms with van der Waals surface area (Å²) in [6.45, 7) is 0. The fourth-order valence-corrected chi connectivity index (χ4v) is 1.67. The number of rotatable bonds is 1. The first-order valence-corrected chi connectivity index (χ1v) is 4.48. The van der Waals surface area contributed by atoms with Crippen LogP contribution in [0.3, 0.4) is 0 Å². The average molecular weight is 207 g/mol. The second kappa shape index (κ2) is 3.31. The Morgan fingerprint density at radius 2 is 1.86 bits per heavy atom. The van der Waals surface area contributed by atoms with Gasteiger partial charge in [0.15, 0.2) is 0 Å². The van der Waals surface area contributed by atoms with E-state index < -0.39 is 5.24 Å². The number of phenols is 1.